The minimum absolute atomic E-state index is 0.127. The second-order valence-electron chi connectivity index (χ2n) is 3.51. The maximum absolute atomic E-state index is 11.9. The van der Waals surface area contributed by atoms with Gasteiger partial charge in [-0.3, -0.25) is 14.8 Å². The zero-order valence-corrected chi connectivity index (χ0v) is 10.5. The standard InChI is InChI=1S/C12H10BrN3O/c13-8-3-4-9(16-7-8)6-11(17)12-10(14)2-1-5-15-12/h1-5,7H,6,14H2. The van der Waals surface area contributed by atoms with Gasteiger partial charge in [0.05, 0.1) is 12.1 Å². The molecule has 2 heterocycles. The largest absolute Gasteiger partial charge is 0.397 e. The van der Waals surface area contributed by atoms with Crippen LogP contribution < -0.4 is 5.73 Å². The van der Waals surface area contributed by atoms with Crippen molar-refractivity contribution in [1.29, 1.82) is 0 Å². The lowest BCUT2D eigenvalue weighted by atomic mass is 10.1. The van der Waals surface area contributed by atoms with Crippen molar-refractivity contribution in [3.8, 4) is 0 Å². The number of ketones is 1. The van der Waals surface area contributed by atoms with Crippen molar-refractivity contribution >= 4 is 27.4 Å². The van der Waals surface area contributed by atoms with Gasteiger partial charge in [0, 0.05) is 22.6 Å². The van der Waals surface area contributed by atoms with Crippen LogP contribution in [0.5, 0.6) is 0 Å². The van der Waals surface area contributed by atoms with Gasteiger partial charge in [0.15, 0.2) is 5.78 Å². The first-order valence-electron chi connectivity index (χ1n) is 5.01. The second-order valence-corrected chi connectivity index (χ2v) is 4.42. The summed E-state index contributed by atoms with van der Waals surface area (Å²) >= 11 is 3.29. The van der Waals surface area contributed by atoms with Crippen molar-refractivity contribution in [1.82, 2.24) is 9.97 Å². The van der Waals surface area contributed by atoms with Crippen LogP contribution in [0.15, 0.2) is 41.1 Å². The lowest BCUT2D eigenvalue weighted by molar-refractivity contribution is 0.0988. The first kappa shape index (κ1) is 11.7. The number of hydrogen-bond donors (Lipinski definition) is 1. The Morgan fingerprint density at radius 3 is 2.76 bits per heavy atom. The van der Waals surface area contributed by atoms with Crippen LogP contribution >= 0.6 is 15.9 Å². The fourth-order valence-electron chi connectivity index (χ4n) is 1.41. The van der Waals surface area contributed by atoms with E-state index in [4.69, 9.17) is 5.73 Å². The highest BCUT2D eigenvalue weighted by Gasteiger charge is 2.12. The molecular weight excluding hydrogens is 282 g/mol. The van der Waals surface area contributed by atoms with E-state index >= 15 is 0 Å². The van der Waals surface area contributed by atoms with Gasteiger partial charge in [-0.05, 0) is 40.2 Å². The second kappa shape index (κ2) is 5.05. The number of Topliss-reactive ketones (excluding diaryl/α,β-unsaturated/α-hetero) is 1. The van der Waals surface area contributed by atoms with Gasteiger partial charge in [0.25, 0.3) is 0 Å². The first-order valence-corrected chi connectivity index (χ1v) is 5.80. The highest BCUT2D eigenvalue weighted by Crippen LogP contribution is 2.12. The van der Waals surface area contributed by atoms with E-state index in [1.807, 2.05) is 6.07 Å². The number of carbonyl (C=O) groups excluding carboxylic acids is 1. The Balaban J connectivity index is 2.17. The summed E-state index contributed by atoms with van der Waals surface area (Å²) in [5, 5.41) is 0. The minimum Gasteiger partial charge on any atom is -0.397 e. The van der Waals surface area contributed by atoms with Crippen LogP contribution in [0, 0.1) is 0 Å². The maximum atomic E-state index is 11.9. The number of aromatic nitrogens is 2. The molecule has 0 radical (unpaired) electrons. The van der Waals surface area contributed by atoms with Gasteiger partial charge >= 0.3 is 0 Å². The van der Waals surface area contributed by atoms with Crippen molar-refractivity contribution in [3.05, 3.63) is 52.5 Å². The number of nitrogens with zero attached hydrogens (tertiary/aromatic N) is 2. The Hall–Kier alpha value is -1.75. The molecule has 0 saturated heterocycles. The maximum Gasteiger partial charge on any atom is 0.189 e. The molecule has 5 heteroatoms. The topological polar surface area (TPSA) is 68.9 Å². The molecule has 0 aliphatic rings. The van der Waals surface area contributed by atoms with Gasteiger partial charge in [0.1, 0.15) is 5.69 Å². The molecule has 2 rings (SSSR count). The summed E-state index contributed by atoms with van der Waals surface area (Å²) in [5.74, 6) is -0.127. The van der Waals surface area contributed by atoms with Gasteiger partial charge in [-0.15, -0.1) is 0 Å². The highest BCUT2D eigenvalue weighted by atomic mass is 79.9. The number of nitrogens with two attached hydrogens (primary N) is 1. The van der Waals surface area contributed by atoms with Gasteiger partial charge in [-0.25, -0.2) is 0 Å². The third kappa shape index (κ3) is 2.88. The predicted molar refractivity (Wildman–Crippen MR) is 68.6 cm³/mol. The number of carbonyl (C=O) groups is 1. The van der Waals surface area contributed by atoms with E-state index < -0.39 is 0 Å². The summed E-state index contributed by atoms with van der Waals surface area (Å²) in [5.41, 5.74) is 7.09. The van der Waals surface area contributed by atoms with E-state index in [9.17, 15) is 4.79 Å². The first-order chi connectivity index (χ1) is 8.16. The molecule has 0 spiro atoms. The highest BCUT2D eigenvalue weighted by molar-refractivity contribution is 9.10. The average Bonchev–Trinajstić information content (AvgIpc) is 2.32. The van der Waals surface area contributed by atoms with E-state index in [1.54, 1.807) is 30.6 Å². The van der Waals surface area contributed by atoms with Gasteiger partial charge in [0.2, 0.25) is 0 Å². The summed E-state index contributed by atoms with van der Waals surface area (Å²) in [7, 11) is 0. The van der Waals surface area contributed by atoms with Crippen LogP contribution in [0.3, 0.4) is 0 Å². The fraction of sp³-hybridized carbons (Fsp3) is 0.0833. The predicted octanol–water partition coefficient (Wildman–Crippen LogP) is 2.25. The molecule has 0 aliphatic carbocycles. The number of rotatable bonds is 3. The molecule has 0 unspecified atom stereocenters. The zero-order valence-electron chi connectivity index (χ0n) is 8.93. The number of pyridine rings is 2. The molecule has 2 aromatic rings. The Bertz CT molecular complexity index is 540. The molecule has 0 fully saturated rings. The molecule has 0 bridgehead atoms. The summed E-state index contributed by atoms with van der Waals surface area (Å²) < 4.78 is 0.881. The molecule has 0 aliphatic heterocycles. The van der Waals surface area contributed by atoms with E-state index in [2.05, 4.69) is 25.9 Å². The fourth-order valence-corrected chi connectivity index (χ4v) is 1.64. The quantitative estimate of drug-likeness (QED) is 0.881. The Kier molecular flexibility index (Phi) is 3.49. The molecular formula is C12H10BrN3O. The van der Waals surface area contributed by atoms with E-state index in [-0.39, 0.29) is 12.2 Å². The van der Waals surface area contributed by atoms with Crippen LogP contribution in [0.25, 0.3) is 0 Å². The number of halogens is 1. The Morgan fingerprint density at radius 1 is 1.29 bits per heavy atom. The van der Waals surface area contributed by atoms with Gasteiger partial charge < -0.3 is 5.73 Å². The average molecular weight is 292 g/mol. The molecule has 0 amide bonds. The monoisotopic (exact) mass is 291 g/mol. The summed E-state index contributed by atoms with van der Waals surface area (Å²) in [6.07, 6.45) is 3.41. The van der Waals surface area contributed by atoms with Gasteiger partial charge in [-0.2, -0.15) is 0 Å². The van der Waals surface area contributed by atoms with Crippen LogP contribution in [-0.2, 0) is 6.42 Å². The molecule has 2 aromatic heterocycles. The smallest absolute Gasteiger partial charge is 0.189 e. The van der Waals surface area contributed by atoms with Crippen LogP contribution in [-0.4, -0.2) is 15.8 Å². The normalized spacial score (nSPS) is 10.2. The lowest BCUT2D eigenvalue weighted by Gasteiger charge is -2.03. The van der Waals surface area contributed by atoms with Crippen molar-refractivity contribution in [3.63, 3.8) is 0 Å². The SMILES string of the molecule is Nc1cccnc1C(=O)Cc1ccc(Br)cn1. The van der Waals surface area contributed by atoms with Crippen LogP contribution in [0.1, 0.15) is 16.2 Å². The summed E-state index contributed by atoms with van der Waals surface area (Å²) in [6, 6.07) is 7.00. The molecule has 4 nitrogen and oxygen atoms in total. The van der Waals surface area contributed by atoms with Crippen molar-refractivity contribution in [2.75, 3.05) is 5.73 Å². The third-order valence-electron chi connectivity index (χ3n) is 2.23. The van der Waals surface area contributed by atoms with Crippen molar-refractivity contribution in [2.24, 2.45) is 0 Å². The Morgan fingerprint density at radius 2 is 2.12 bits per heavy atom. The van der Waals surface area contributed by atoms with Crippen molar-refractivity contribution < 1.29 is 4.79 Å². The summed E-state index contributed by atoms with van der Waals surface area (Å²) in [4.78, 5) is 20.0. The molecule has 0 saturated carbocycles. The summed E-state index contributed by atoms with van der Waals surface area (Å²) in [6.45, 7) is 0. The lowest BCUT2D eigenvalue weighted by Crippen LogP contribution is -2.10. The van der Waals surface area contributed by atoms with Crippen molar-refractivity contribution in [2.45, 2.75) is 6.42 Å². The molecule has 86 valence electrons. The number of hydrogen-bond acceptors (Lipinski definition) is 4. The van der Waals surface area contributed by atoms with E-state index in [0.717, 1.165) is 4.47 Å². The third-order valence-corrected chi connectivity index (χ3v) is 2.70. The number of nitrogen functional groups attached to an aromatic ring is 1. The van der Waals surface area contributed by atoms with Crippen LogP contribution in [0.2, 0.25) is 0 Å². The Labute approximate surface area is 107 Å². The zero-order chi connectivity index (χ0) is 12.3. The molecule has 2 N–H and O–H groups in total. The molecule has 0 atom stereocenters. The number of anilines is 1. The molecule has 17 heavy (non-hydrogen) atoms. The van der Waals surface area contributed by atoms with E-state index in [1.165, 1.54) is 0 Å². The molecule has 0 aromatic carbocycles. The minimum atomic E-state index is -0.127. The van der Waals surface area contributed by atoms with Crippen LogP contribution in [0.4, 0.5) is 5.69 Å². The van der Waals surface area contributed by atoms with E-state index in [0.29, 0.717) is 17.1 Å². The van der Waals surface area contributed by atoms with Gasteiger partial charge in [-0.1, -0.05) is 0 Å².